The molecule has 0 fully saturated rings. The second kappa shape index (κ2) is 5.24. The van der Waals surface area contributed by atoms with Gasteiger partial charge in [0.25, 0.3) is 0 Å². The van der Waals surface area contributed by atoms with Crippen LogP contribution in [0.2, 0.25) is 0 Å². The molecule has 3 nitrogen and oxygen atoms in total. The van der Waals surface area contributed by atoms with Gasteiger partial charge in [-0.25, -0.2) is 0 Å². The Balaban J connectivity index is 2.69. The van der Waals surface area contributed by atoms with Crippen LogP contribution in [0.4, 0.5) is 0 Å². The van der Waals surface area contributed by atoms with Gasteiger partial charge in [0, 0.05) is 11.4 Å². The summed E-state index contributed by atoms with van der Waals surface area (Å²) < 4.78 is 5.49. The zero-order chi connectivity index (χ0) is 11.4. The maximum absolute atomic E-state index is 6.03. The van der Waals surface area contributed by atoms with Gasteiger partial charge >= 0.3 is 0 Å². The van der Waals surface area contributed by atoms with Crippen molar-refractivity contribution in [1.82, 2.24) is 4.98 Å². The fourth-order valence-corrected chi connectivity index (χ4v) is 1.48. The lowest BCUT2D eigenvalue weighted by atomic mass is 10.1. The number of nitrogens with two attached hydrogens (primary N) is 1. The van der Waals surface area contributed by atoms with Crippen LogP contribution < -0.4 is 5.73 Å². The lowest BCUT2D eigenvalue weighted by Crippen LogP contribution is -2.21. The fourth-order valence-electron chi connectivity index (χ4n) is 1.48. The molecule has 1 atom stereocenters. The van der Waals surface area contributed by atoms with Crippen LogP contribution in [0.5, 0.6) is 0 Å². The van der Waals surface area contributed by atoms with Crippen molar-refractivity contribution < 1.29 is 4.74 Å². The van der Waals surface area contributed by atoms with Crippen molar-refractivity contribution in [2.24, 2.45) is 5.73 Å². The van der Waals surface area contributed by atoms with E-state index in [0.717, 1.165) is 17.0 Å². The largest absolute Gasteiger partial charge is 0.377 e. The average molecular weight is 208 g/mol. The van der Waals surface area contributed by atoms with Crippen LogP contribution in [0.1, 0.15) is 36.8 Å². The summed E-state index contributed by atoms with van der Waals surface area (Å²) in [5, 5.41) is 0. The van der Waals surface area contributed by atoms with Crippen LogP contribution in [-0.2, 0) is 4.74 Å². The summed E-state index contributed by atoms with van der Waals surface area (Å²) in [6, 6.07) is 3.93. The zero-order valence-electron chi connectivity index (χ0n) is 9.95. The lowest BCUT2D eigenvalue weighted by Gasteiger charge is -2.16. The van der Waals surface area contributed by atoms with E-state index in [-0.39, 0.29) is 12.1 Å². The van der Waals surface area contributed by atoms with E-state index in [2.05, 4.69) is 4.98 Å². The molecule has 84 valence electrons. The van der Waals surface area contributed by atoms with Gasteiger partial charge in [-0.1, -0.05) is 6.07 Å². The maximum atomic E-state index is 6.03. The normalized spacial score (nSPS) is 13.2. The molecule has 0 aliphatic rings. The number of aromatic nitrogens is 1. The molecule has 2 N–H and O–H groups in total. The molecule has 1 heterocycles. The number of hydrogen-bond donors (Lipinski definition) is 1. The number of nitrogens with zero attached hydrogens (tertiary/aromatic N) is 1. The number of pyridine rings is 1. The summed E-state index contributed by atoms with van der Waals surface area (Å²) in [4.78, 5) is 4.39. The second-order valence-corrected chi connectivity index (χ2v) is 4.12. The van der Waals surface area contributed by atoms with Crippen molar-refractivity contribution in [2.75, 3.05) is 6.61 Å². The molecule has 0 saturated heterocycles. The van der Waals surface area contributed by atoms with Crippen LogP contribution in [0, 0.1) is 13.8 Å². The van der Waals surface area contributed by atoms with Gasteiger partial charge in [0.15, 0.2) is 0 Å². The Morgan fingerprint density at radius 3 is 2.53 bits per heavy atom. The quantitative estimate of drug-likeness (QED) is 0.824. The molecule has 0 bridgehead atoms. The molecule has 0 aliphatic carbocycles. The van der Waals surface area contributed by atoms with Gasteiger partial charge in [0.1, 0.15) is 0 Å². The van der Waals surface area contributed by atoms with Gasteiger partial charge in [0.05, 0.1) is 18.8 Å². The second-order valence-electron chi connectivity index (χ2n) is 4.12. The van der Waals surface area contributed by atoms with Crippen molar-refractivity contribution in [2.45, 2.75) is 39.8 Å². The molecule has 0 amide bonds. The topological polar surface area (TPSA) is 48.1 Å². The number of aryl methyl sites for hydroxylation is 2. The average Bonchev–Trinajstić information content (AvgIpc) is 2.14. The first-order valence-electron chi connectivity index (χ1n) is 5.32. The highest BCUT2D eigenvalue weighted by molar-refractivity contribution is 5.24. The van der Waals surface area contributed by atoms with Crippen molar-refractivity contribution in [3.05, 3.63) is 29.1 Å². The lowest BCUT2D eigenvalue weighted by molar-refractivity contribution is 0.0681. The molecular weight excluding hydrogens is 188 g/mol. The minimum atomic E-state index is -0.0829. The molecule has 1 aromatic heterocycles. The Labute approximate surface area is 91.7 Å². The van der Waals surface area contributed by atoms with E-state index >= 15 is 0 Å². The summed E-state index contributed by atoms with van der Waals surface area (Å²) in [6.07, 6.45) is 0.217. The summed E-state index contributed by atoms with van der Waals surface area (Å²) >= 11 is 0. The Kier molecular flexibility index (Phi) is 4.24. The van der Waals surface area contributed by atoms with Gasteiger partial charge in [-0.2, -0.15) is 0 Å². The van der Waals surface area contributed by atoms with Crippen LogP contribution >= 0.6 is 0 Å². The van der Waals surface area contributed by atoms with Crippen LogP contribution in [0.25, 0.3) is 0 Å². The molecule has 1 rings (SSSR count). The summed E-state index contributed by atoms with van der Waals surface area (Å²) in [7, 11) is 0. The van der Waals surface area contributed by atoms with Gasteiger partial charge < -0.3 is 10.5 Å². The molecule has 1 unspecified atom stereocenters. The molecule has 0 aliphatic heterocycles. The van der Waals surface area contributed by atoms with E-state index in [1.54, 1.807) is 0 Å². The van der Waals surface area contributed by atoms with Crippen molar-refractivity contribution in [1.29, 1.82) is 0 Å². The predicted molar refractivity (Wildman–Crippen MR) is 61.7 cm³/mol. The first-order valence-corrected chi connectivity index (χ1v) is 5.32. The molecule has 0 saturated carbocycles. The minimum absolute atomic E-state index is 0.0829. The van der Waals surface area contributed by atoms with E-state index in [1.807, 2.05) is 39.8 Å². The third-order valence-electron chi connectivity index (χ3n) is 2.27. The van der Waals surface area contributed by atoms with E-state index in [0.29, 0.717) is 6.61 Å². The van der Waals surface area contributed by atoms with Crippen LogP contribution in [0.3, 0.4) is 0 Å². The Bertz CT molecular complexity index is 323. The van der Waals surface area contributed by atoms with Gasteiger partial charge in [-0.3, -0.25) is 4.98 Å². The highest BCUT2D eigenvalue weighted by Crippen LogP contribution is 2.15. The smallest absolute Gasteiger partial charge is 0.0663 e. The highest BCUT2D eigenvalue weighted by atomic mass is 16.5. The zero-order valence-corrected chi connectivity index (χ0v) is 9.95. The first kappa shape index (κ1) is 12.1. The summed E-state index contributed by atoms with van der Waals surface area (Å²) in [6.45, 7) is 8.52. The van der Waals surface area contributed by atoms with Crippen molar-refractivity contribution >= 4 is 0 Å². The van der Waals surface area contributed by atoms with Gasteiger partial charge in [-0.15, -0.1) is 0 Å². The van der Waals surface area contributed by atoms with Crippen LogP contribution in [-0.4, -0.2) is 17.7 Å². The third-order valence-corrected chi connectivity index (χ3v) is 2.27. The van der Waals surface area contributed by atoms with Crippen molar-refractivity contribution in [3.8, 4) is 0 Å². The van der Waals surface area contributed by atoms with Gasteiger partial charge in [0.2, 0.25) is 0 Å². The molecule has 0 spiro atoms. The number of rotatable bonds is 4. The van der Waals surface area contributed by atoms with E-state index < -0.39 is 0 Å². The number of hydrogen-bond acceptors (Lipinski definition) is 3. The van der Waals surface area contributed by atoms with E-state index in [1.165, 1.54) is 0 Å². The molecular formula is C12H20N2O. The summed E-state index contributed by atoms with van der Waals surface area (Å²) in [5.74, 6) is 0. The van der Waals surface area contributed by atoms with Crippen molar-refractivity contribution in [3.63, 3.8) is 0 Å². The van der Waals surface area contributed by atoms with E-state index in [4.69, 9.17) is 10.5 Å². The van der Waals surface area contributed by atoms with Crippen LogP contribution in [0.15, 0.2) is 12.1 Å². The summed E-state index contributed by atoms with van der Waals surface area (Å²) in [5.41, 5.74) is 9.12. The molecule has 1 aromatic rings. The van der Waals surface area contributed by atoms with Gasteiger partial charge in [-0.05, 0) is 39.3 Å². The Morgan fingerprint density at radius 1 is 1.33 bits per heavy atom. The Morgan fingerprint density at radius 2 is 2.00 bits per heavy atom. The Hall–Kier alpha value is -0.930. The monoisotopic (exact) mass is 208 g/mol. The molecule has 15 heavy (non-hydrogen) atoms. The maximum Gasteiger partial charge on any atom is 0.0663 e. The SMILES string of the molecule is Cc1ccc(C(N)COC(C)C)c(C)n1. The first-order chi connectivity index (χ1) is 7.00. The van der Waals surface area contributed by atoms with E-state index in [9.17, 15) is 0 Å². The minimum Gasteiger partial charge on any atom is -0.377 e. The predicted octanol–water partition coefficient (Wildman–Crippen LogP) is 2.12. The molecule has 3 heteroatoms. The third kappa shape index (κ3) is 3.61. The number of ether oxygens (including phenoxy) is 1. The molecule has 0 radical (unpaired) electrons. The molecule has 0 aromatic carbocycles. The fraction of sp³-hybridized carbons (Fsp3) is 0.583. The highest BCUT2D eigenvalue weighted by Gasteiger charge is 2.10. The standard InChI is InChI=1S/C12H20N2O/c1-8(2)15-7-12(13)11-6-5-9(3)14-10(11)4/h5-6,8,12H,7,13H2,1-4H3.